The number of hydrogen-bond acceptors (Lipinski definition) is 5. The molecule has 144 valence electrons. The van der Waals surface area contributed by atoms with Crippen LogP contribution >= 0.6 is 11.6 Å². The molecule has 1 aromatic heterocycles. The van der Waals surface area contributed by atoms with E-state index < -0.39 is 0 Å². The molecule has 2 aliphatic heterocycles. The summed E-state index contributed by atoms with van der Waals surface area (Å²) in [6.07, 6.45) is 2.49. The van der Waals surface area contributed by atoms with Gasteiger partial charge in [-0.1, -0.05) is 23.7 Å². The van der Waals surface area contributed by atoms with Crippen LogP contribution in [0.1, 0.15) is 12.8 Å². The quantitative estimate of drug-likeness (QED) is 0.666. The number of para-hydroxylation sites is 1. The summed E-state index contributed by atoms with van der Waals surface area (Å²) in [7, 11) is 0. The summed E-state index contributed by atoms with van der Waals surface area (Å²) in [4.78, 5) is 17.0. The average Bonchev–Trinajstić information content (AvgIpc) is 3.28. The molecule has 28 heavy (non-hydrogen) atoms. The molecule has 0 N–H and O–H groups in total. The van der Waals surface area contributed by atoms with Gasteiger partial charge in [0.2, 0.25) is 5.95 Å². The molecule has 0 amide bonds. The number of aromatic nitrogens is 2. The molecule has 3 heterocycles. The number of benzene rings is 2. The van der Waals surface area contributed by atoms with E-state index in [1.807, 2.05) is 12.1 Å². The molecule has 5 nitrogen and oxygen atoms in total. The molecule has 2 fully saturated rings. The van der Waals surface area contributed by atoms with Crippen LogP contribution in [-0.4, -0.2) is 49.2 Å². The van der Waals surface area contributed by atoms with Crippen LogP contribution in [0.4, 0.5) is 17.5 Å². The van der Waals surface area contributed by atoms with Crippen molar-refractivity contribution in [3.8, 4) is 0 Å². The Balaban J connectivity index is 1.40. The van der Waals surface area contributed by atoms with Gasteiger partial charge in [0, 0.05) is 55.4 Å². The van der Waals surface area contributed by atoms with Gasteiger partial charge in [-0.3, -0.25) is 0 Å². The van der Waals surface area contributed by atoms with Gasteiger partial charge in [-0.25, -0.2) is 4.98 Å². The largest absolute Gasteiger partial charge is 0.368 e. The maximum atomic E-state index is 6.02. The number of anilines is 3. The zero-order valence-corrected chi connectivity index (χ0v) is 16.6. The van der Waals surface area contributed by atoms with Crippen molar-refractivity contribution in [1.82, 2.24) is 9.97 Å². The molecular formula is C22H24ClN5. The second-order valence-corrected chi connectivity index (χ2v) is 7.95. The Hall–Kier alpha value is -2.53. The highest BCUT2D eigenvalue weighted by Gasteiger charge is 2.23. The SMILES string of the molecule is Clc1ccc(N2CCN(c3nc(N4CCCC4)c4ccccc4n3)CC2)cc1. The molecule has 0 saturated carbocycles. The Labute approximate surface area is 170 Å². The van der Waals surface area contributed by atoms with Crippen LogP contribution in [0.5, 0.6) is 0 Å². The molecule has 0 bridgehead atoms. The van der Waals surface area contributed by atoms with Crippen LogP contribution in [-0.2, 0) is 0 Å². The third-order valence-electron chi connectivity index (χ3n) is 5.73. The van der Waals surface area contributed by atoms with Crippen LogP contribution < -0.4 is 14.7 Å². The molecule has 5 rings (SSSR count). The standard InChI is InChI=1S/C22H24ClN5/c23-17-7-9-18(10-8-17)26-13-15-28(16-14-26)22-24-20-6-2-1-5-19(20)21(25-22)27-11-3-4-12-27/h1-2,5-10H,3-4,11-16H2. The van der Waals surface area contributed by atoms with Crippen molar-refractivity contribution < 1.29 is 0 Å². The number of halogens is 1. The predicted octanol–water partition coefficient (Wildman–Crippen LogP) is 4.21. The fourth-order valence-electron chi connectivity index (χ4n) is 4.18. The topological polar surface area (TPSA) is 35.5 Å². The van der Waals surface area contributed by atoms with E-state index in [0.717, 1.165) is 67.0 Å². The minimum absolute atomic E-state index is 0.779. The van der Waals surface area contributed by atoms with E-state index in [1.54, 1.807) is 0 Å². The summed E-state index contributed by atoms with van der Waals surface area (Å²) in [6.45, 7) is 5.92. The van der Waals surface area contributed by atoms with Crippen LogP contribution in [0.15, 0.2) is 48.5 Å². The summed E-state index contributed by atoms with van der Waals surface area (Å²) in [6, 6.07) is 16.5. The zero-order valence-electron chi connectivity index (χ0n) is 15.9. The lowest BCUT2D eigenvalue weighted by atomic mass is 10.2. The third kappa shape index (κ3) is 3.35. The van der Waals surface area contributed by atoms with Crippen molar-refractivity contribution >= 4 is 40.0 Å². The number of hydrogen-bond donors (Lipinski definition) is 0. The van der Waals surface area contributed by atoms with Crippen molar-refractivity contribution in [2.75, 3.05) is 54.0 Å². The number of rotatable bonds is 3. The van der Waals surface area contributed by atoms with Gasteiger partial charge >= 0.3 is 0 Å². The van der Waals surface area contributed by atoms with Crippen LogP contribution in [0.3, 0.4) is 0 Å². The van der Waals surface area contributed by atoms with Gasteiger partial charge < -0.3 is 14.7 Å². The first-order chi connectivity index (χ1) is 13.8. The summed E-state index contributed by atoms with van der Waals surface area (Å²) in [5.41, 5.74) is 2.26. The normalized spacial score (nSPS) is 17.5. The lowest BCUT2D eigenvalue weighted by molar-refractivity contribution is 0.641. The molecule has 0 unspecified atom stereocenters. The van der Waals surface area contributed by atoms with Gasteiger partial charge in [0.1, 0.15) is 5.82 Å². The molecular weight excluding hydrogens is 370 g/mol. The monoisotopic (exact) mass is 393 g/mol. The zero-order chi connectivity index (χ0) is 18.9. The minimum atomic E-state index is 0.779. The van der Waals surface area contributed by atoms with Crippen molar-refractivity contribution in [1.29, 1.82) is 0 Å². The first-order valence-electron chi connectivity index (χ1n) is 10.1. The predicted molar refractivity (Wildman–Crippen MR) is 117 cm³/mol. The molecule has 2 aliphatic rings. The fraction of sp³-hybridized carbons (Fsp3) is 0.364. The lowest BCUT2D eigenvalue weighted by Gasteiger charge is -2.36. The highest BCUT2D eigenvalue weighted by Crippen LogP contribution is 2.29. The first-order valence-corrected chi connectivity index (χ1v) is 10.4. The summed E-state index contributed by atoms with van der Waals surface area (Å²) < 4.78 is 0. The van der Waals surface area contributed by atoms with Crippen LogP contribution in [0.25, 0.3) is 10.9 Å². The number of fused-ring (bicyclic) bond motifs is 1. The van der Waals surface area contributed by atoms with Gasteiger partial charge in [0.25, 0.3) is 0 Å². The second kappa shape index (κ2) is 7.47. The Morgan fingerprint density at radius 3 is 2.11 bits per heavy atom. The molecule has 2 aromatic carbocycles. The average molecular weight is 394 g/mol. The fourth-order valence-corrected chi connectivity index (χ4v) is 4.30. The van der Waals surface area contributed by atoms with Gasteiger partial charge in [-0.2, -0.15) is 4.98 Å². The van der Waals surface area contributed by atoms with E-state index in [2.05, 4.69) is 51.1 Å². The number of nitrogens with zero attached hydrogens (tertiary/aromatic N) is 5. The molecule has 0 spiro atoms. The van der Waals surface area contributed by atoms with Crippen molar-refractivity contribution in [3.63, 3.8) is 0 Å². The lowest BCUT2D eigenvalue weighted by Crippen LogP contribution is -2.47. The molecule has 2 saturated heterocycles. The van der Waals surface area contributed by atoms with E-state index in [9.17, 15) is 0 Å². The van der Waals surface area contributed by atoms with Crippen molar-refractivity contribution in [2.24, 2.45) is 0 Å². The maximum absolute atomic E-state index is 6.02. The van der Waals surface area contributed by atoms with Crippen molar-refractivity contribution in [3.05, 3.63) is 53.6 Å². The van der Waals surface area contributed by atoms with E-state index in [0.29, 0.717) is 0 Å². The van der Waals surface area contributed by atoms with E-state index in [1.165, 1.54) is 18.5 Å². The summed E-state index contributed by atoms with van der Waals surface area (Å²) in [5, 5.41) is 1.94. The molecule has 0 atom stereocenters. The van der Waals surface area contributed by atoms with Gasteiger partial charge in [-0.05, 0) is 49.2 Å². The Morgan fingerprint density at radius 1 is 0.679 bits per heavy atom. The summed E-state index contributed by atoms with van der Waals surface area (Å²) in [5.74, 6) is 1.95. The second-order valence-electron chi connectivity index (χ2n) is 7.51. The van der Waals surface area contributed by atoms with E-state index >= 15 is 0 Å². The Kier molecular flexibility index (Phi) is 4.69. The third-order valence-corrected chi connectivity index (χ3v) is 5.98. The molecule has 0 aliphatic carbocycles. The minimum Gasteiger partial charge on any atom is -0.368 e. The smallest absolute Gasteiger partial charge is 0.228 e. The van der Waals surface area contributed by atoms with Crippen LogP contribution in [0, 0.1) is 0 Å². The van der Waals surface area contributed by atoms with Crippen LogP contribution in [0.2, 0.25) is 5.02 Å². The van der Waals surface area contributed by atoms with Gasteiger partial charge in [0.05, 0.1) is 5.52 Å². The van der Waals surface area contributed by atoms with E-state index in [-0.39, 0.29) is 0 Å². The molecule has 6 heteroatoms. The maximum Gasteiger partial charge on any atom is 0.228 e. The number of piperazine rings is 1. The molecule has 3 aromatic rings. The van der Waals surface area contributed by atoms with Crippen molar-refractivity contribution in [2.45, 2.75) is 12.8 Å². The highest BCUT2D eigenvalue weighted by molar-refractivity contribution is 6.30. The van der Waals surface area contributed by atoms with Gasteiger partial charge in [-0.15, -0.1) is 0 Å². The first kappa shape index (κ1) is 17.6. The Bertz CT molecular complexity index is 960. The highest BCUT2D eigenvalue weighted by atomic mass is 35.5. The van der Waals surface area contributed by atoms with E-state index in [4.69, 9.17) is 21.6 Å². The molecule has 0 radical (unpaired) electrons. The Morgan fingerprint density at radius 2 is 1.36 bits per heavy atom. The summed E-state index contributed by atoms with van der Waals surface area (Å²) >= 11 is 6.02. The van der Waals surface area contributed by atoms with Gasteiger partial charge in [0.15, 0.2) is 0 Å².